The first kappa shape index (κ1) is 15.3. The van der Waals surface area contributed by atoms with E-state index in [-0.39, 0.29) is 0 Å². The molecular weight excluding hydrogens is 330 g/mol. The summed E-state index contributed by atoms with van der Waals surface area (Å²) in [6.45, 7) is 5.77. The van der Waals surface area contributed by atoms with Crippen LogP contribution in [-0.4, -0.2) is 21.9 Å². The van der Waals surface area contributed by atoms with E-state index in [1.54, 1.807) is 19.4 Å². The molecule has 0 spiro atoms. The minimum absolute atomic E-state index is 0.775. The zero-order valence-electron chi connectivity index (χ0n) is 12.0. The molecule has 2 rings (SSSR count). The van der Waals surface area contributed by atoms with Gasteiger partial charge in [-0.25, -0.2) is 0 Å². The van der Waals surface area contributed by atoms with E-state index in [1.807, 2.05) is 47.9 Å². The van der Waals surface area contributed by atoms with Gasteiger partial charge in [-0.1, -0.05) is 34.6 Å². The van der Waals surface area contributed by atoms with E-state index >= 15 is 0 Å². The second-order valence-corrected chi connectivity index (χ2v) is 5.19. The van der Waals surface area contributed by atoms with Crippen molar-refractivity contribution in [3.63, 3.8) is 0 Å². The molecule has 0 aliphatic carbocycles. The summed E-state index contributed by atoms with van der Waals surface area (Å²) in [5.74, 6) is 1.57. The number of rotatable bonds is 5. The molecule has 5 heteroatoms. The molecular formula is C16H16BrN3O. The van der Waals surface area contributed by atoms with Gasteiger partial charge < -0.3 is 4.74 Å². The number of aryl methyl sites for hydroxylation is 1. The molecule has 4 nitrogen and oxygen atoms in total. The standard InChI is InChI=1S/C16H16BrN3O/c1-4-15(6-5-11-21-3)20-12(2)18-19-16(20)13-7-9-14(17)10-8-13/h4-11H,1H2,2-3H3/b11-5+,15-6+. The van der Waals surface area contributed by atoms with E-state index in [9.17, 15) is 0 Å². The molecule has 1 aromatic heterocycles. The Balaban J connectivity index is 2.51. The van der Waals surface area contributed by atoms with Crippen LogP contribution in [0.25, 0.3) is 17.1 Å². The van der Waals surface area contributed by atoms with E-state index in [4.69, 9.17) is 4.74 Å². The summed E-state index contributed by atoms with van der Waals surface area (Å²) < 4.78 is 7.89. The predicted molar refractivity (Wildman–Crippen MR) is 88.5 cm³/mol. The van der Waals surface area contributed by atoms with E-state index in [0.717, 1.165) is 27.4 Å². The maximum atomic E-state index is 4.91. The number of halogens is 1. The average Bonchev–Trinajstić information content (AvgIpc) is 2.86. The number of ether oxygens (including phenoxy) is 1. The minimum Gasteiger partial charge on any atom is -0.504 e. The van der Waals surface area contributed by atoms with Crippen LogP contribution in [0.15, 0.2) is 59.8 Å². The van der Waals surface area contributed by atoms with Crippen LogP contribution >= 0.6 is 15.9 Å². The first-order valence-electron chi connectivity index (χ1n) is 6.37. The summed E-state index contributed by atoms with van der Waals surface area (Å²) >= 11 is 3.43. The maximum Gasteiger partial charge on any atom is 0.168 e. The van der Waals surface area contributed by atoms with Crippen molar-refractivity contribution in [3.8, 4) is 11.4 Å². The van der Waals surface area contributed by atoms with E-state index in [0.29, 0.717) is 0 Å². The zero-order valence-corrected chi connectivity index (χ0v) is 13.5. The summed E-state index contributed by atoms with van der Waals surface area (Å²) in [5, 5.41) is 8.44. The predicted octanol–water partition coefficient (Wildman–Crippen LogP) is 4.20. The lowest BCUT2D eigenvalue weighted by Crippen LogP contribution is -2.00. The molecule has 0 atom stereocenters. The summed E-state index contributed by atoms with van der Waals surface area (Å²) in [6, 6.07) is 7.95. The SMILES string of the molecule is C=C/C(=C\C=C\OC)n1c(C)nnc1-c1ccc(Br)cc1. The summed E-state index contributed by atoms with van der Waals surface area (Å²) in [5.41, 5.74) is 1.87. The molecule has 0 unspecified atom stereocenters. The lowest BCUT2D eigenvalue weighted by molar-refractivity contribution is 0.338. The molecule has 0 saturated carbocycles. The van der Waals surface area contributed by atoms with Crippen LogP contribution in [0.1, 0.15) is 5.82 Å². The fourth-order valence-electron chi connectivity index (χ4n) is 1.91. The van der Waals surface area contributed by atoms with Gasteiger partial charge in [0.25, 0.3) is 0 Å². The molecule has 0 aliphatic rings. The molecule has 1 heterocycles. The second kappa shape index (κ2) is 7.04. The number of methoxy groups -OCH3 is 1. The van der Waals surface area contributed by atoms with Crippen molar-refractivity contribution >= 4 is 21.6 Å². The number of aromatic nitrogens is 3. The molecule has 21 heavy (non-hydrogen) atoms. The molecule has 0 radical (unpaired) electrons. The highest BCUT2D eigenvalue weighted by atomic mass is 79.9. The molecule has 0 N–H and O–H groups in total. The van der Waals surface area contributed by atoms with E-state index < -0.39 is 0 Å². The normalized spacial score (nSPS) is 11.9. The maximum absolute atomic E-state index is 4.91. The van der Waals surface area contributed by atoms with Gasteiger partial charge in [0.15, 0.2) is 5.82 Å². The molecule has 0 bridgehead atoms. The Bertz CT molecular complexity index is 684. The Morgan fingerprint density at radius 3 is 2.62 bits per heavy atom. The lowest BCUT2D eigenvalue weighted by atomic mass is 10.2. The number of hydrogen-bond donors (Lipinski definition) is 0. The van der Waals surface area contributed by atoms with Crippen LogP contribution in [-0.2, 0) is 4.74 Å². The van der Waals surface area contributed by atoms with Crippen molar-refractivity contribution in [3.05, 3.63) is 65.6 Å². The third kappa shape index (κ3) is 3.49. The molecule has 0 saturated heterocycles. The van der Waals surface area contributed by atoms with Crippen molar-refractivity contribution in [2.24, 2.45) is 0 Å². The average molecular weight is 346 g/mol. The highest BCUT2D eigenvalue weighted by molar-refractivity contribution is 9.10. The quantitative estimate of drug-likeness (QED) is 0.602. The van der Waals surface area contributed by atoms with Crippen LogP contribution in [0.4, 0.5) is 0 Å². The van der Waals surface area contributed by atoms with Gasteiger partial charge in [-0.05, 0) is 37.3 Å². The summed E-state index contributed by atoms with van der Waals surface area (Å²) in [6.07, 6.45) is 7.07. The first-order chi connectivity index (χ1) is 10.2. The van der Waals surface area contributed by atoms with Gasteiger partial charge in [0.05, 0.1) is 13.4 Å². The van der Waals surface area contributed by atoms with Crippen LogP contribution in [0.5, 0.6) is 0 Å². The molecule has 0 amide bonds. The Labute approximate surface area is 132 Å². The number of nitrogens with zero attached hydrogens (tertiary/aromatic N) is 3. The lowest BCUT2D eigenvalue weighted by Gasteiger charge is -2.09. The number of hydrogen-bond acceptors (Lipinski definition) is 3. The molecule has 1 aromatic carbocycles. The molecule has 2 aromatic rings. The minimum atomic E-state index is 0.775. The third-order valence-corrected chi connectivity index (χ3v) is 3.40. The van der Waals surface area contributed by atoms with Crippen LogP contribution in [0.3, 0.4) is 0 Å². The van der Waals surface area contributed by atoms with Crippen LogP contribution in [0.2, 0.25) is 0 Å². The highest BCUT2D eigenvalue weighted by Gasteiger charge is 2.12. The Hall–Kier alpha value is -2.14. The third-order valence-electron chi connectivity index (χ3n) is 2.88. The smallest absolute Gasteiger partial charge is 0.168 e. The summed E-state index contributed by atoms with van der Waals surface area (Å²) in [4.78, 5) is 0. The Kier molecular flexibility index (Phi) is 5.11. The van der Waals surface area contributed by atoms with Crippen molar-refractivity contribution < 1.29 is 4.74 Å². The summed E-state index contributed by atoms with van der Waals surface area (Å²) in [7, 11) is 1.61. The largest absolute Gasteiger partial charge is 0.504 e. The topological polar surface area (TPSA) is 39.9 Å². The zero-order chi connectivity index (χ0) is 15.2. The van der Waals surface area contributed by atoms with Crippen LogP contribution in [0, 0.1) is 6.92 Å². The van der Waals surface area contributed by atoms with Crippen molar-refractivity contribution in [2.45, 2.75) is 6.92 Å². The van der Waals surface area contributed by atoms with Gasteiger partial charge in [0, 0.05) is 15.7 Å². The molecule has 0 aliphatic heterocycles. The fourth-order valence-corrected chi connectivity index (χ4v) is 2.17. The highest BCUT2D eigenvalue weighted by Crippen LogP contribution is 2.24. The Morgan fingerprint density at radius 1 is 1.29 bits per heavy atom. The van der Waals surface area contributed by atoms with Gasteiger partial charge in [-0.2, -0.15) is 0 Å². The van der Waals surface area contributed by atoms with Crippen molar-refractivity contribution in [1.82, 2.24) is 14.8 Å². The van der Waals surface area contributed by atoms with Crippen molar-refractivity contribution in [2.75, 3.05) is 7.11 Å². The second-order valence-electron chi connectivity index (χ2n) is 4.27. The fraction of sp³-hybridized carbons (Fsp3) is 0.125. The van der Waals surface area contributed by atoms with E-state index in [1.165, 1.54) is 0 Å². The monoisotopic (exact) mass is 345 g/mol. The van der Waals surface area contributed by atoms with Gasteiger partial charge in [-0.3, -0.25) is 4.57 Å². The number of benzene rings is 1. The molecule has 108 valence electrons. The van der Waals surface area contributed by atoms with Crippen molar-refractivity contribution in [1.29, 1.82) is 0 Å². The Morgan fingerprint density at radius 2 is 2.00 bits per heavy atom. The van der Waals surface area contributed by atoms with Gasteiger partial charge in [0.1, 0.15) is 5.82 Å². The van der Waals surface area contributed by atoms with Gasteiger partial charge in [-0.15, -0.1) is 10.2 Å². The molecule has 0 fully saturated rings. The van der Waals surface area contributed by atoms with Gasteiger partial charge in [0.2, 0.25) is 0 Å². The van der Waals surface area contributed by atoms with Crippen LogP contribution < -0.4 is 0 Å². The van der Waals surface area contributed by atoms with E-state index in [2.05, 4.69) is 32.7 Å². The number of allylic oxidation sites excluding steroid dienone is 4. The first-order valence-corrected chi connectivity index (χ1v) is 7.17. The van der Waals surface area contributed by atoms with Gasteiger partial charge >= 0.3 is 0 Å².